The Bertz CT molecular complexity index is 774. The summed E-state index contributed by atoms with van der Waals surface area (Å²) in [6, 6.07) is 15.8. The minimum atomic E-state index is -0.408. The van der Waals surface area contributed by atoms with Gasteiger partial charge in [0.25, 0.3) is 11.6 Å². The van der Waals surface area contributed by atoms with Crippen LogP contribution in [0.2, 0.25) is 0 Å². The molecule has 0 aliphatic carbocycles. The summed E-state index contributed by atoms with van der Waals surface area (Å²) in [7, 11) is 0. The van der Waals surface area contributed by atoms with Crippen molar-refractivity contribution in [3.05, 3.63) is 75.8 Å². The van der Waals surface area contributed by atoms with Gasteiger partial charge in [0.05, 0.1) is 24.6 Å². The molecule has 6 nitrogen and oxygen atoms in total. The third-order valence-electron chi connectivity index (χ3n) is 5.47. The smallest absolute Gasteiger partial charge is 0.269 e. The fourth-order valence-corrected chi connectivity index (χ4v) is 3.50. The predicted molar refractivity (Wildman–Crippen MR) is 115 cm³/mol. The van der Waals surface area contributed by atoms with E-state index in [0.717, 1.165) is 38.0 Å². The van der Waals surface area contributed by atoms with Crippen LogP contribution in [0.15, 0.2) is 54.6 Å². The number of amides is 1. The van der Waals surface area contributed by atoms with E-state index in [-0.39, 0.29) is 17.6 Å². The summed E-state index contributed by atoms with van der Waals surface area (Å²) in [6.45, 7) is 10.2. The number of hydrogen-bond donors (Lipinski definition) is 1. The average molecular weight is 399 g/mol. The van der Waals surface area contributed by atoms with Gasteiger partial charge in [-0.25, -0.2) is 0 Å². The van der Waals surface area contributed by atoms with Gasteiger partial charge in [0.2, 0.25) is 0 Å². The molecular weight excluding hydrogens is 366 g/mol. The molecule has 2 aromatic rings. The average Bonchev–Trinajstić information content (AvgIpc) is 2.75. The van der Waals surface area contributed by atoms with Gasteiger partial charge in [-0.2, -0.15) is 0 Å². The van der Waals surface area contributed by atoms with Gasteiger partial charge in [0.1, 0.15) is 0 Å². The molecule has 0 aliphatic heterocycles. The third kappa shape index (κ3) is 6.68. The first kappa shape index (κ1) is 22.6. The number of hydrogen-bond acceptors (Lipinski definition) is 3. The summed E-state index contributed by atoms with van der Waals surface area (Å²) >= 11 is 0. The van der Waals surface area contributed by atoms with Crippen LogP contribution in [0.5, 0.6) is 0 Å². The monoisotopic (exact) mass is 398 g/mol. The summed E-state index contributed by atoms with van der Waals surface area (Å²) in [5, 5.41) is 10.9. The zero-order valence-corrected chi connectivity index (χ0v) is 17.6. The lowest BCUT2D eigenvalue weighted by atomic mass is 10.1. The largest absolute Gasteiger partial charge is 0.335 e. The Morgan fingerprint density at radius 2 is 1.69 bits per heavy atom. The van der Waals surface area contributed by atoms with E-state index in [2.05, 4.69) is 20.8 Å². The molecule has 0 saturated carbocycles. The van der Waals surface area contributed by atoms with E-state index in [1.165, 1.54) is 12.1 Å². The minimum Gasteiger partial charge on any atom is -0.335 e. The van der Waals surface area contributed by atoms with Gasteiger partial charge in [-0.3, -0.25) is 14.9 Å². The maximum atomic E-state index is 13.2. The topological polar surface area (TPSA) is 67.9 Å². The summed E-state index contributed by atoms with van der Waals surface area (Å²) in [5.41, 5.74) is 1.61. The fraction of sp³-hybridized carbons (Fsp3) is 0.435. The molecule has 2 aromatic carbocycles. The van der Waals surface area contributed by atoms with Gasteiger partial charge in [-0.05, 0) is 51.3 Å². The van der Waals surface area contributed by atoms with Crippen molar-refractivity contribution in [3.8, 4) is 0 Å². The maximum Gasteiger partial charge on any atom is 0.269 e. The minimum absolute atomic E-state index is 0.00774. The van der Waals surface area contributed by atoms with Crippen molar-refractivity contribution in [1.82, 2.24) is 4.90 Å². The first-order chi connectivity index (χ1) is 14.0. The van der Waals surface area contributed by atoms with E-state index in [4.69, 9.17) is 0 Å². The lowest BCUT2D eigenvalue weighted by molar-refractivity contribution is -0.896. The molecule has 1 atom stereocenters. The molecule has 2 rings (SSSR count). The van der Waals surface area contributed by atoms with Crippen LogP contribution < -0.4 is 4.90 Å². The first-order valence-electron chi connectivity index (χ1n) is 10.4. The second kappa shape index (κ2) is 11.3. The van der Waals surface area contributed by atoms with Gasteiger partial charge >= 0.3 is 0 Å². The lowest BCUT2D eigenvalue weighted by Gasteiger charge is -2.30. The van der Waals surface area contributed by atoms with Gasteiger partial charge < -0.3 is 9.80 Å². The highest BCUT2D eigenvalue weighted by molar-refractivity contribution is 5.94. The Kier molecular flexibility index (Phi) is 8.80. The van der Waals surface area contributed by atoms with Crippen LogP contribution in [0, 0.1) is 10.1 Å². The van der Waals surface area contributed by atoms with Crippen LogP contribution in [0.3, 0.4) is 0 Å². The van der Waals surface area contributed by atoms with Crippen molar-refractivity contribution in [1.29, 1.82) is 0 Å². The van der Waals surface area contributed by atoms with Crippen molar-refractivity contribution in [2.24, 2.45) is 0 Å². The highest BCUT2D eigenvalue weighted by Gasteiger charge is 2.22. The number of carbonyl (C=O) groups is 1. The molecule has 0 aliphatic rings. The van der Waals surface area contributed by atoms with Crippen molar-refractivity contribution in [3.63, 3.8) is 0 Å². The van der Waals surface area contributed by atoms with E-state index >= 15 is 0 Å². The number of nitrogens with zero attached hydrogens (tertiary/aromatic N) is 2. The highest BCUT2D eigenvalue weighted by atomic mass is 16.6. The standard InChI is InChI=1S/C23H31N3O3/c1-4-24(5-2)17-9-10-19(3)25(23(27)21-11-7-6-8-12-21)18-20-13-15-22(16-14-20)26(28)29/h6-8,11-16,19H,4-5,9-10,17-18H2,1-3H3/p+1/t19-/m0/s1. The number of rotatable bonds is 11. The van der Waals surface area contributed by atoms with Crippen LogP contribution in [-0.2, 0) is 6.54 Å². The zero-order valence-electron chi connectivity index (χ0n) is 17.6. The first-order valence-corrected chi connectivity index (χ1v) is 10.4. The molecule has 0 bridgehead atoms. The quantitative estimate of drug-likeness (QED) is 0.466. The van der Waals surface area contributed by atoms with Crippen LogP contribution in [0.1, 0.15) is 49.5 Å². The van der Waals surface area contributed by atoms with E-state index in [1.54, 1.807) is 17.0 Å². The number of benzene rings is 2. The molecule has 0 unspecified atom stereocenters. The van der Waals surface area contributed by atoms with Crippen molar-refractivity contribution in [2.45, 2.75) is 46.2 Å². The van der Waals surface area contributed by atoms with Crippen molar-refractivity contribution >= 4 is 11.6 Å². The Balaban J connectivity index is 2.14. The molecular formula is C23H32N3O3+. The van der Waals surface area contributed by atoms with Gasteiger partial charge in [-0.1, -0.05) is 30.3 Å². The number of nitro groups is 1. The number of nitro benzene ring substituents is 1. The third-order valence-corrected chi connectivity index (χ3v) is 5.47. The van der Waals surface area contributed by atoms with Gasteiger partial charge in [0.15, 0.2) is 0 Å². The van der Waals surface area contributed by atoms with Gasteiger partial charge in [-0.15, -0.1) is 0 Å². The van der Waals surface area contributed by atoms with Crippen molar-refractivity contribution in [2.75, 3.05) is 19.6 Å². The van der Waals surface area contributed by atoms with Crippen LogP contribution >= 0.6 is 0 Å². The molecule has 0 aromatic heterocycles. The molecule has 0 fully saturated rings. The van der Waals surface area contributed by atoms with Crippen LogP contribution in [0.25, 0.3) is 0 Å². The Labute approximate surface area is 173 Å². The zero-order chi connectivity index (χ0) is 21.2. The predicted octanol–water partition coefficient (Wildman–Crippen LogP) is 3.33. The second-order valence-electron chi connectivity index (χ2n) is 7.42. The molecule has 0 saturated heterocycles. The molecule has 156 valence electrons. The van der Waals surface area contributed by atoms with Crippen LogP contribution in [-0.4, -0.2) is 41.4 Å². The molecule has 29 heavy (non-hydrogen) atoms. The van der Waals surface area contributed by atoms with E-state index in [9.17, 15) is 14.9 Å². The molecule has 6 heteroatoms. The molecule has 0 radical (unpaired) electrons. The summed E-state index contributed by atoms with van der Waals surface area (Å²) in [5.74, 6) is -0.00774. The Morgan fingerprint density at radius 3 is 2.24 bits per heavy atom. The number of carbonyl (C=O) groups excluding carboxylic acids is 1. The second-order valence-corrected chi connectivity index (χ2v) is 7.42. The number of nitrogens with one attached hydrogen (secondary N) is 1. The Hall–Kier alpha value is -2.73. The molecule has 0 heterocycles. The Morgan fingerprint density at radius 1 is 1.07 bits per heavy atom. The molecule has 1 N–H and O–H groups in total. The summed E-state index contributed by atoms with van der Waals surface area (Å²) in [4.78, 5) is 27.1. The SMILES string of the molecule is CC[NH+](CC)CCC[C@H](C)N(Cc1ccc([N+](=O)[O-])cc1)C(=O)c1ccccc1. The summed E-state index contributed by atoms with van der Waals surface area (Å²) in [6.07, 6.45) is 1.98. The highest BCUT2D eigenvalue weighted by Crippen LogP contribution is 2.18. The molecule has 1 amide bonds. The van der Waals surface area contributed by atoms with Gasteiger partial charge in [0, 0.05) is 30.3 Å². The number of quaternary nitrogens is 1. The van der Waals surface area contributed by atoms with E-state index in [0.29, 0.717) is 12.1 Å². The van der Waals surface area contributed by atoms with Crippen molar-refractivity contribution < 1.29 is 14.6 Å². The summed E-state index contributed by atoms with van der Waals surface area (Å²) < 4.78 is 0. The van der Waals surface area contributed by atoms with Crippen LogP contribution in [0.4, 0.5) is 5.69 Å². The number of non-ortho nitro benzene ring substituents is 1. The van der Waals surface area contributed by atoms with E-state index in [1.807, 2.05) is 35.2 Å². The molecule has 0 spiro atoms. The fourth-order valence-electron chi connectivity index (χ4n) is 3.50. The maximum absolute atomic E-state index is 13.2. The van der Waals surface area contributed by atoms with E-state index < -0.39 is 4.92 Å². The lowest BCUT2D eigenvalue weighted by Crippen LogP contribution is -3.11. The normalized spacial score (nSPS) is 12.0.